The highest BCUT2D eigenvalue weighted by Gasteiger charge is 2.33. The fourth-order valence-corrected chi connectivity index (χ4v) is 4.22. The quantitative estimate of drug-likeness (QED) is 0.348. The van der Waals surface area contributed by atoms with Gasteiger partial charge in [0, 0.05) is 24.1 Å². The van der Waals surface area contributed by atoms with Crippen molar-refractivity contribution in [3.63, 3.8) is 0 Å². The molecule has 0 spiro atoms. The molecule has 0 radical (unpaired) electrons. The van der Waals surface area contributed by atoms with E-state index < -0.39 is 24.6 Å². The minimum atomic E-state index is -4.33. The number of methoxy groups -OCH3 is 1. The number of fused-ring (bicyclic) bond motifs is 3. The third kappa shape index (κ3) is 3.91. The summed E-state index contributed by atoms with van der Waals surface area (Å²) in [6, 6.07) is 9.99. The summed E-state index contributed by atoms with van der Waals surface area (Å²) in [5, 5.41) is 4.29. The maximum atomic E-state index is 13.2. The first-order valence-electron chi connectivity index (χ1n) is 9.43. The summed E-state index contributed by atoms with van der Waals surface area (Å²) in [5.74, 6) is -0.670. The van der Waals surface area contributed by atoms with Gasteiger partial charge < -0.3 is 9.30 Å². The van der Waals surface area contributed by atoms with E-state index in [4.69, 9.17) is 4.74 Å². The van der Waals surface area contributed by atoms with Crippen molar-refractivity contribution in [2.45, 2.75) is 25.1 Å². The highest BCUT2D eigenvalue weighted by atomic mass is 79.9. The normalized spacial score (nSPS) is 13.1. The predicted molar refractivity (Wildman–Crippen MR) is 113 cm³/mol. The number of halogens is 4. The minimum absolute atomic E-state index is 0.0297. The lowest BCUT2D eigenvalue weighted by Gasteiger charge is -2.22. The van der Waals surface area contributed by atoms with Crippen LogP contribution in [0.3, 0.4) is 0 Å². The second-order valence-electron chi connectivity index (χ2n) is 7.13. The molecule has 1 atom stereocenters. The Hall–Kier alpha value is -2.88. The number of benzene rings is 1. The molecule has 0 saturated heterocycles. The van der Waals surface area contributed by atoms with Crippen LogP contribution in [0.4, 0.5) is 13.2 Å². The van der Waals surface area contributed by atoms with E-state index in [-0.39, 0.29) is 12.1 Å². The lowest BCUT2D eigenvalue weighted by atomic mass is 10.0. The Kier molecular flexibility index (Phi) is 5.50. The third-order valence-electron chi connectivity index (χ3n) is 5.16. The van der Waals surface area contributed by atoms with E-state index in [1.54, 1.807) is 54.2 Å². The van der Waals surface area contributed by atoms with Crippen molar-refractivity contribution in [2.24, 2.45) is 7.05 Å². The first-order valence-corrected chi connectivity index (χ1v) is 10.2. The molecule has 162 valence electrons. The van der Waals surface area contributed by atoms with Crippen LogP contribution >= 0.6 is 15.9 Å². The summed E-state index contributed by atoms with van der Waals surface area (Å²) in [6.07, 6.45) is -3.92. The summed E-state index contributed by atoms with van der Waals surface area (Å²) < 4.78 is 48.4. The first kappa shape index (κ1) is 21.4. The molecule has 3 heterocycles. The predicted octanol–water partition coefficient (Wildman–Crippen LogP) is 5.40. The van der Waals surface area contributed by atoms with Crippen LogP contribution in [0.2, 0.25) is 0 Å². The average molecular weight is 495 g/mol. The fraction of sp³-hybridized carbons (Fsp3) is 0.286. The fourth-order valence-electron chi connectivity index (χ4n) is 3.90. The molecule has 1 aromatic carbocycles. The van der Waals surface area contributed by atoms with Gasteiger partial charge in [-0.05, 0) is 34.0 Å². The number of pyridine rings is 1. The largest absolute Gasteiger partial charge is 0.464 e. The van der Waals surface area contributed by atoms with Gasteiger partial charge in [-0.1, -0.05) is 30.3 Å². The van der Waals surface area contributed by atoms with Crippen molar-refractivity contribution in [3.8, 4) is 0 Å². The molecule has 0 fully saturated rings. The molecule has 4 aromatic rings. The number of carbonyl (C=O) groups excluding carboxylic acids is 1. The molecule has 31 heavy (non-hydrogen) atoms. The Labute approximate surface area is 183 Å². The van der Waals surface area contributed by atoms with Crippen LogP contribution in [-0.4, -0.2) is 38.6 Å². The summed E-state index contributed by atoms with van der Waals surface area (Å²) in [5.41, 5.74) is 2.80. The number of esters is 1. The highest BCUT2D eigenvalue weighted by molar-refractivity contribution is 9.10. The molecule has 0 aliphatic carbocycles. The molecule has 10 heteroatoms. The van der Waals surface area contributed by atoms with Gasteiger partial charge >= 0.3 is 12.1 Å². The molecule has 6 nitrogen and oxygen atoms in total. The first-order chi connectivity index (χ1) is 14.7. The van der Waals surface area contributed by atoms with E-state index in [0.29, 0.717) is 32.1 Å². The number of rotatable bonds is 5. The van der Waals surface area contributed by atoms with Gasteiger partial charge in [-0.25, -0.2) is 4.79 Å². The van der Waals surface area contributed by atoms with Crippen molar-refractivity contribution < 1.29 is 22.7 Å². The summed E-state index contributed by atoms with van der Waals surface area (Å²) in [4.78, 5) is 17.0. The molecule has 4 rings (SSSR count). The van der Waals surface area contributed by atoms with Gasteiger partial charge in [-0.15, -0.1) is 0 Å². The van der Waals surface area contributed by atoms with E-state index in [0.717, 1.165) is 0 Å². The molecule has 1 unspecified atom stereocenters. The van der Waals surface area contributed by atoms with E-state index in [2.05, 4.69) is 26.0 Å². The van der Waals surface area contributed by atoms with Crippen molar-refractivity contribution in [2.75, 3.05) is 7.11 Å². The Balaban J connectivity index is 2.08. The van der Waals surface area contributed by atoms with Crippen LogP contribution < -0.4 is 0 Å². The van der Waals surface area contributed by atoms with Crippen LogP contribution in [-0.2, 0) is 11.8 Å². The Morgan fingerprint density at radius 1 is 1.23 bits per heavy atom. The monoisotopic (exact) mass is 494 g/mol. The molecule has 3 aromatic heterocycles. The lowest BCUT2D eigenvalue weighted by molar-refractivity contribution is -0.136. The zero-order valence-corrected chi connectivity index (χ0v) is 18.2. The number of aryl methyl sites for hydroxylation is 1. The molecule has 0 bridgehead atoms. The van der Waals surface area contributed by atoms with E-state index in [9.17, 15) is 18.0 Å². The third-order valence-corrected chi connectivity index (χ3v) is 5.59. The van der Waals surface area contributed by atoms with Gasteiger partial charge in [0.1, 0.15) is 16.6 Å². The zero-order chi connectivity index (χ0) is 22.3. The second kappa shape index (κ2) is 7.99. The van der Waals surface area contributed by atoms with Crippen LogP contribution in [0.1, 0.15) is 34.9 Å². The summed E-state index contributed by atoms with van der Waals surface area (Å²) >= 11 is 3.40. The van der Waals surface area contributed by atoms with Crippen molar-refractivity contribution in [3.05, 3.63) is 58.3 Å². The topological polar surface area (TPSA) is 61.9 Å². The Morgan fingerprint density at radius 3 is 2.58 bits per heavy atom. The molecular formula is C21H18BrF3N4O2. The maximum absolute atomic E-state index is 13.2. The number of hydrogen-bond acceptors (Lipinski definition) is 4. The van der Waals surface area contributed by atoms with Crippen LogP contribution in [0.5, 0.6) is 0 Å². The van der Waals surface area contributed by atoms with Gasteiger partial charge in [0.2, 0.25) is 0 Å². The standard InChI is InChI=1S/C21H18BrF3N4O2/c1-28-18-16-15(10-13(22)11-26-16)29(19(18)17(27-28)20(30)31-2)14(8-9-21(23,24)25)12-6-4-3-5-7-12/h3-7,10-11,14H,8-9H2,1-2H3. The average Bonchev–Trinajstić information content (AvgIpc) is 3.23. The number of hydrogen-bond donors (Lipinski definition) is 0. The number of aromatic nitrogens is 4. The minimum Gasteiger partial charge on any atom is -0.464 e. The SMILES string of the molecule is COC(=O)c1nn(C)c2c3ncc(Br)cc3n(C(CCC(F)(F)F)c3ccccc3)c12. The van der Waals surface area contributed by atoms with Crippen LogP contribution in [0.25, 0.3) is 22.1 Å². The molecule has 0 aliphatic heterocycles. The van der Waals surface area contributed by atoms with Crippen LogP contribution in [0, 0.1) is 0 Å². The molecular weight excluding hydrogens is 477 g/mol. The van der Waals surface area contributed by atoms with E-state index in [1.807, 2.05) is 0 Å². The van der Waals surface area contributed by atoms with Crippen molar-refractivity contribution in [1.29, 1.82) is 0 Å². The van der Waals surface area contributed by atoms with Gasteiger partial charge in [-0.3, -0.25) is 9.67 Å². The summed E-state index contributed by atoms with van der Waals surface area (Å²) in [7, 11) is 2.90. The molecule has 0 saturated carbocycles. The highest BCUT2D eigenvalue weighted by Crippen LogP contribution is 2.39. The molecule has 0 N–H and O–H groups in total. The van der Waals surface area contributed by atoms with E-state index in [1.165, 1.54) is 11.8 Å². The van der Waals surface area contributed by atoms with E-state index >= 15 is 0 Å². The number of carbonyl (C=O) groups is 1. The van der Waals surface area contributed by atoms with Crippen LogP contribution in [0.15, 0.2) is 47.1 Å². The molecule has 0 aliphatic rings. The summed E-state index contributed by atoms with van der Waals surface area (Å²) in [6.45, 7) is 0. The smallest absolute Gasteiger partial charge is 0.389 e. The Morgan fingerprint density at radius 2 is 1.94 bits per heavy atom. The van der Waals surface area contributed by atoms with Crippen molar-refractivity contribution in [1.82, 2.24) is 19.3 Å². The van der Waals surface area contributed by atoms with Gasteiger partial charge in [0.25, 0.3) is 0 Å². The number of nitrogens with zero attached hydrogens (tertiary/aromatic N) is 4. The van der Waals surface area contributed by atoms with Gasteiger partial charge in [0.15, 0.2) is 5.69 Å². The number of ether oxygens (including phenoxy) is 1. The maximum Gasteiger partial charge on any atom is 0.389 e. The zero-order valence-electron chi connectivity index (χ0n) is 16.7. The second-order valence-corrected chi connectivity index (χ2v) is 8.05. The Bertz CT molecular complexity index is 1260. The molecule has 0 amide bonds. The number of alkyl halides is 3. The van der Waals surface area contributed by atoms with Crippen molar-refractivity contribution >= 4 is 44.0 Å². The van der Waals surface area contributed by atoms with Gasteiger partial charge in [0.05, 0.1) is 18.7 Å². The lowest BCUT2D eigenvalue weighted by Crippen LogP contribution is -2.17. The van der Waals surface area contributed by atoms with Gasteiger partial charge in [-0.2, -0.15) is 18.3 Å².